The first kappa shape index (κ1) is 11.9. The molecule has 0 saturated heterocycles. The number of hydrogen-bond donors (Lipinski definition) is 2. The number of benzene rings is 1. The SMILES string of the molecule is CCCC(N)c1ncc(-c2ccc(C)cc2)[nH]1. The second-order valence-electron chi connectivity index (χ2n) is 4.44. The summed E-state index contributed by atoms with van der Waals surface area (Å²) in [5.74, 6) is 0.877. The van der Waals surface area contributed by atoms with E-state index in [-0.39, 0.29) is 6.04 Å². The Labute approximate surface area is 102 Å². The van der Waals surface area contributed by atoms with E-state index in [1.165, 1.54) is 5.56 Å². The van der Waals surface area contributed by atoms with Crippen LogP contribution in [0.15, 0.2) is 30.5 Å². The molecule has 1 atom stereocenters. The molecule has 0 fully saturated rings. The van der Waals surface area contributed by atoms with Crippen LogP contribution in [0.2, 0.25) is 0 Å². The van der Waals surface area contributed by atoms with Crippen molar-refractivity contribution in [2.75, 3.05) is 0 Å². The topological polar surface area (TPSA) is 54.7 Å². The van der Waals surface area contributed by atoms with Crippen molar-refractivity contribution >= 4 is 0 Å². The molecule has 90 valence electrons. The van der Waals surface area contributed by atoms with E-state index in [1.807, 2.05) is 6.20 Å². The highest BCUT2D eigenvalue weighted by molar-refractivity contribution is 5.58. The number of nitrogens with zero attached hydrogens (tertiary/aromatic N) is 1. The Morgan fingerprint density at radius 1 is 1.29 bits per heavy atom. The van der Waals surface area contributed by atoms with Crippen LogP contribution in [0.5, 0.6) is 0 Å². The third-order valence-electron chi connectivity index (χ3n) is 2.91. The highest BCUT2D eigenvalue weighted by atomic mass is 15.0. The van der Waals surface area contributed by atoms with E-state index in [9.17, 15) is 0 Å². The molecule has 0 bridgehead atoms. The van der Waals surface area contributed by atoms with E-state index in [2.05, 4.69) is 48.1 Å². The molecule has 3 N–H and O–H groups in total. The van der Waals surface area contributed by atoms with Crippen LogP contribution in [0, 0.1) is 6.92 Å². The zero-order valence-electron chi connectivity index (χ0n) is 10.4. The van der Waals surface area contributed by atoms with E-state index in [0.717, 1.165) is 29.9 Å². The molecule has 0 saturated carbocycles. The number of aromatic nitrogens is 2. The quantitative estimate of drug-likeness (QED) is 0.846. The van der Waals surface area contributed by atoms with Gasteiger partial charge in [0.15, 0.2) is 0 Å². The summed E-state index contributed by atoms with van der Waals surface area (Å²) in [6.07, 6.45) is 3.89. The minimum atomic E-state index is 0.0131. The van der Waals surface area contributed by atoms with Crippen molar-refractivity contribution < 1.29 is 0 Å². The summed E-state index contributed by atoms with van der Waals surface area (Å²) in [5, 5.41) is 0. The number of aryl methyl sites for hydroxylation is 1. The van der Waals surface area contributed by atoms with Crippen molar-refractivity contribution in [3.05, 3.63) is 41.9 Å². The summed E-state index contributed by atoms with van der Waals surface area (Å²) >= 11 is 0. The van der Waals surface area contributed by atoms with Crippen molar-refractivity contribution in [3.63, 3.8) is 0 Å². The smallest absolute Gasteiger partial charge is 0.123 e. The Balaban J connectivity index is 2.20. The lowest BCUT2D eigenvalue weighted by atomic mass is 10.1. The van der Waals surface area contributed by atoms with Gasteiger partial charge < -0.3 is 10.7 Å². The highest BCUT2D eigenvalue weighted by Gasteiger charge is 2.09. The molecule has 0 radical (unpaired) electrons. The van der Waals surface area contributed by atoms with Crippen LogP contribution in [0.25, 0.3) is 11.3 Å². The van der Waals surface area contributed by atoms with Gasteiger partial charge in [-0.05, 0) is 18.9 Å². The van der Waals surface area contributed by atoms with Gasteiger partial charge in [-0.3, -0.25) is 0 Å². The second kappa shape index (κ2) is 5.15. The Hall–Kier alpha value is -1.61. The number of imidazole rings is 1. The van der Waals surface area contributed by atoms with E-state index in [0.29, 0.717) is 0 Å². The lowest BCUT2D eigenvalue weighted by molar-refractivity contribution is 0.609. The van der Waals surface area contributed by atoms with Gasteiger partial charge in [0.2, 0.25) is 0 Å². The normalized spacial score (nSPS) is 12.6. The number of aromatic amines is 1. The molecule has 1 heterocycles. The number of H-pyrrole nitrogens is 1. The molecule has 0 amide bonds. The summed E-state index contributed by atoms with van der Waals surface area (Å²) in [6, 6.07) is 8.40. The third kappa shape index (κ3) is 2.74. The van der Waals surface area contributed by atoms with Gasteiger partial charge in [-0.1, -0.05) is 43.2 Å². The number of rotatable bonds is 4. The summed E-state index contributed by atoms with van der Waals surface area (Å²) in [5.41, 5.74) is 9.47. The average molecular weight is 229 g/mol. The fraction of sp³-hybridized carbons (Fsp3) is 0.357. The minimum Gasteiger partial charge on any atom is -0.341 e. The van der Waals surface area contributed by atoms with E-state index in [4.69, 9.17) is 5.73 Å². The molecule has 0 aliphatic carbocycles. The van der Waals surface area contributed by atoms with Crippen LogP contribution in [-0.2, 0) is 0 Å². The first-order chi connectivity index (χ1) is 8.20. The van der Waals surface area contributed by atoms with Crippen LogP contribution >= 0.6 is 0 Å². The lowest BCUT2D eigenvalue weighted by Gasteiger charge is -2.05. The van der Waals surface area contributed by atoms with Crippen molar-refractivity contribution in [1.29, 1.82) is 0 Å². The van der Waals surface area contributed by atoms with Crippen molar-refractivity contribution in [3.8, 4) is 11.3 Å². The molecule has 1 aromatic heterocycles. The predicted molar refractivity (Wildman–Crippen MR) is 70.6 cm³/mol. The highest BCUT2D eigenvalue weighted by Crippen LogP contribution is 2.20. The molecule has 2 aromatic rings. The largest absolute Gasteiger partial charge is 0.341 e. The molecule has 0 aliphatic heterocycles. The number of nitrogens with two attached hydrogens (primary N) is 1. The van der Waals surface area contributed by atoms with Gasteiger partial charge in [0.1, 0.15) is 5.82 Å². The first-order valence-corrected chi connectivity index (χ1v) is 6.08. The zero-order chi connectivity index (χ0) is 12.3. The van der Waals surface area contributed by atoms with Gasteiger partial charge >= 0.3 is 0 Å². The van der Waals surface area contributed by atoms with Gasteiger partial charge in [-0.2, -0.15) is 0 Å². The van der Waals surface area contributed by atoms with Crippen molar-refractivity contribution in [2.45, 2.75) is 32.7 Å². The van der Waals surface area contributed by atoms with Crippen molar-refractivity contribution in [1.82, 2.24) is 9.97 Å². The molecule has 1 aromatic carbocycles. The minimum absolute atomic E-state index is 0.0131. The monoisotopic (exact) mass is 229 g/mol. The molecule has 3 nitrogen and oxygen atoms in total. The summed E-state index contributed by atoms with van der Waals surface area (Å²) < 4.78 is 0. The van der Waals surface area contributed by atoms with Crippen LogP contribution in [0.3, 0.4) is 0 Å². The molecule has 1 unspecified atom stereocenters. The Morgan fingerprint density at radius 2 is 2.00 bits per heavy atom. The fourth-order valence-corrected chi connectivity index (χ4v) is 1.85. The molecule has 3 heteroatoms. The maximum atomic E-state index is 6.03. The summed E-state index contributed by atoms with van der Waals surface area (Å²) in [7, 11) is 0. The molecule has 17 heavy (non-hydrogen) atoms. The summed E-state index contributed by atoms with van der Waals surface area (Å²) in [6.45, 7) is 4.21. The maximum absolute atomic E-state index is 6.03. The fourth-order valence-electron chi connectivity index (χ4n) is 1.85. The Kier molecular flexibility index (Phi) is 3.59. The van der Waals surface area contributed by atoms with Gasteiger partial charge in [-0.15, -0.1) is 0 Å². The lowest BCUT2D eigenvalue weighted by Crippen LogP contribution is -2.11. The zero-order valence-corrected chi connectivity index (χ0v) is 10.4. The molecular formula is C14H19N3. The molecule has 0 aliphatic rings. The van der Waals surface area contributed by atoms with Gasteiger partial charge in [0.25, 0.3) is 0 Å². The standard InChI is InChI=1S/C14H19N3/c1-3-4-12(15)14-16-9-13(17-14)11-7-5-10(2)6-8-11/h5-9,12H,3-4,15H2,1-2H3,(H,16,17). The van der Waals surface area contributed by atoms with Crippen LogP contribution in [-0.4, -0.2) is 9.97 Å². The van der Waals surface area contributed by atoms with Crippen LogP contribution < -0.4 is 5.73 Å². The first-order valence-electron chi connectivity index (χ1n) is 6.08. The van der Waals surface area contributed by atoms with E-state index >= 15 is 0 Å². The van der Waals surface area contributed by atoms with Gasteiger partial charge in [0.05, 0.1) is 17.9 Å². The van der Waals surface area contributed by atoms with Crippen LogP contribution in [0.1, 0.15) is 37.2 Å². The molecule has 0 spiro atoms. The second-order valence-corrected chi connectivity index (χ2v) is 4.44. The molecular weight excluding hydrogens is 210 g/mol. The number of hydrogen-bond acceptors (Lipinski definition) is 2. The predicted octanol–water partition coefficient (Wildman–Crippen LogP) is 3.19. The Bertz CT molecular complexity index is 470. The third-order valence-corrected chi connectivity index (χ3v) is 2.91. The maximum Gasteiger partial charge on any atom is 0.123 e. The van der Waals surface area contributed by atoms with Crippen molar-refractivity contribution in [2.24, 2.45) is 5.73 Å². The van der Waals surface area contributed by atoms with E-state index < -0.39 is 0 Å². The molecule has 2 rings (SSSR count). The van der Waals surface area contributed by atoms with E-state index in [1.54, 1.807) is 0 Å². The Morgan fingerprint density at radius 3 is 2.65 bits per heavy atom. The average Bonchev–Trinajstić information content (AvgIpc) is 2.80. The van der Waals surface area contributed by atoms with Gasteiger partial charge in [-0.25, -0.2) is 4.98 Å². The van der Waals surface area contributed by atoms with Gasteiger partial charge in [0, 0.05) is 0 Å². The summed E-state index contributed by atoms with van der Waals surface area (Å²) in [4.78, 5) is 7.65. The van der Waals surface area contributed by atoms with Crippen LogP contribution in [0.4, 0.5) is 0 Å². The number of nitrogens with one attached hydrogen (secondary N) is 1.